The fraction of sp³-hybridized carbons (Fsp3) is 0.419. The van der Waals surface area contributed by atoms with Gasteiger partial charge in [0.15, 0.2) is 0 Å². The zero-order valence-electron chi connectivity index (χ0n) is 30.8. The highest BCUT2D eigenvalue weighted by atomic mass is 35.5. The van der Waals surface area contributed by atoms with Crippen LogP contribution in [0.3, 0.4) is 0 Å². The van der Waals surface area contributed by atoms with E-state index in [4.69, 9.17) is 11.6 Å². The fourth-order valence-electron chi connectivity index (χ4n) is 7.84. The van der Waals surface area contributed by atoms with E-state index in [0.717, 1.165) is 95.2 Å². The smallest absolute Gasteiger partial charge is 0.226 e. The maximum atomic E-state index is 12.1. The molecular formula is C43H51ClN6O3. The Hall–Kier alpha value is -4.46. The van der Waals surface area contributed by atoms with Crippen molar-refractivity contribution in [1.82, 2.24) is 20.0 Å². The van der Waals surface area contributed by atoms with Gasteiger partial charge in [0.2, 0.25) is 12.3 Å². The third kappa shape index (κ3) is 11.0. The van der Waals surface area contributed by atoms with Crippen LogP contribution >= 0.6 is 11.6 Å². The zero-order chi connectivity index (χ0) is 37.0. The Morgan fingerprint density at radius 3 is 2.32 bits per heavy atom. The molecule has 3 aliphatic rings. The minimum Gasteiger partial charge on any atom is -0.369 e. The number of hydrogen-bond acceptors (Lipinski definition) is 7. The lowest BCUT2D eigenvalue weighted by Crippen LogP contribution is -2.50. The number of anilines is 2. The van der Waals surface area contributed by atoms with Gasteiger partial charge in [-0.2, -0.15) is 0 Å². The topological polar surface area (TPSA) is 88.2 Å². The number of hydrogen-bond donors (Lipinski definition) is 2. The Morgan fingerprint density at radius 1 is 0.887 bits per heavy atom. The van der Waals surface area contributed by atoms with Gasteiger partial charge in [-0.15, -0.1) is 0 Å². The van der Waals surface area contributed by atoms with Crippen LogP contribution in [0, 0.1) is 17.3 Å². The average molecular weight is 735 g/mol. The summed E-state index contributed by atoms with van der Waals surface area (Å²) in [6.07, 6.45) is 5.06. The van der Waals surface area contributed by atoms with Crippen LogP contribution in [0.2, 0.25) is 5.02 Å². The summed E-state index contributed by atoms with van der Waals surface area (Å²) in [5.74, 6) is 6.47. The minimum absolute atomic E-state index is 0.145. The third-order valence-electron chi connectivity index (χ3n) is 10.8. The Morgan fingerprint density at radius 2 is 1.60 bits per heavy atom. The molecule has 2 N–H and O–H groups in total. The van der Waals surface area contributed by atoms with Gasteiger partial charge in [0.25, 0.3) is 0 Å². The van der Waals surface area contributed by atoms with E-state index in [1.54, 1.807) is 5.57 Å². The molecule has 278 valence electrons. The Balaban J connectivity index is 1.02. The van der Waals surface area contributed by atoms with Crippen LogP contribution in [0.4, 0.5) is 11.4 Å². The van der Waals surface area contributed by atoms with Gasteiger partial charge < -0.3 is 20.4 Å². The van der Waals surface area contributed by atoms with Gasteiger partial charge >= 0.3 is 0 Å². The lowest BCUT2D eigenvalue weighted by atomic mass is 9.71. The molecule has 10 heteroatoms. The first-order chi connectivity index (χ1) is 25.8. The molecule has 9 nitrogen and oxygen atoms in total. The molecule has 0 spiro atoms. The summed E-state index contributed by atoms with van der Waals surface area (Å²) < 4.78 is 0. The molecule has 1 unspecified atom stereocenters. The van der Waals surface area contributed by atoms with Gasteiger partial charge in [-0.3, -0.25) is 24.2 Å². The quantitative estimate of drug-likeness (QED) is 0.133. The largest absolute Gasteiger partial charge is 0.369 e. The summed E-state index contributed by atoms with van der Waals surface area (Å²) in [4.78, 5) is 43.8. The normalized spacial score (nSPS) is 20.0. The maximum absolute atomic E-state index is 12.1. The lowest BCUT2D eigenvalue weighted by Gasteiger charge is -2.44. The summed E-state index contributed by atoms with van der Waals surface area (Å²) in [7, 11) is 0. The van der Waals surface area contributed by atoms with E-state index in [0.29, 0.717) is 30.8 Å². The number of carbonyl (C=O) groups is 3. The number of halogens is 1. The van der Waals surface area contributed by atoms with Crippen LogP contribution in [0.5, 0.6) is 0 Å². The molecule has 3 aromatic carbocycles. The van der Waals surface area contributed by atoms with Gasteiger partial charge in [-0.25, -0.2) is 0 Å². The Bertz CT molecular complexity index is 1800. The number of aldehydes is 1. The number of nitrogens with zero attached hydrogens (tertiary/aromatic N) is 4. The number of amides is 2. The van der Waals surface area contributed by atoms with Crippen molar-refractivity contribution in [2.45, 2.75) is 32.6 Å². The zero-order valence-corrected chi connectivity index (χ0v) is 31.5. The van der Waals surface area contributed by atoms with Gasteiger partial charge in [-0.1, -0.05) is 54.1 Å². The molecule has 6 rings (SSSR count). The number of allylic oxidation sites excluding steroid dienone is 1. The van der Waals surface area contributed by atoms with E-state index in [2.05, 4.69) is 73.3 Å². The van der Waals surface area contributed by atoms with Crippen LogP contribution in [0.25, 0.3) is 5.57 Å². The van der Waals surface area contributed by atoms with Crippen LogP contribution in [0.1, 0.15) is 54.1 Å². The molecule has 2 saturated heterocycles. The summed E-state index contributed by atoms with van der Waals surface area (Å²) in [6.45, 7) is 13.6. The molecule has 0 bridgehead atoms. The van der Waals surface area contributed by atoms with E-state index in [9.17, 15) is 14.4 Å². The Kier molecular flexibility index (Phi) is 13.4. The molecule has 0 radical (unpaired) electrons. The lowest BCUT2D eigenvalue weighted by molar-refractivity contribution is -0.116. The fourth-order valence-corrected chi connectivity index (χ4v) is 7.96. The summed E-state index contributed by atoms with van der Waals surface area (Å²) >= 11 is 6.30. The van der Waals surface area contributed by atoms with Gasteiger partial charge in [-0.05, 0) is 90.4 Å². The molecular weight excluding hydrogens is 684 g/mol. The molecule has 2 fully saturated rings. The molecule has 2 amide bonds. The minimum atomic E-state index is -0.145. The standard InChI is InChI=1S/C43H51ClN6O3/c1-43(32-49-22-20-47(21-23-49)19-3-5-34-4-2-6-39(28-34)46-42(53)16-18-45-33-52)17-15-41(36-9-11-38(44)12-10-36)37(29-43)30-48-24-26-50(27-25-48)40-13-7-35(31-51)8-14-40/h2,4,6-14,28,31,33H,15-27,29-30,32H2,1H3,(H,45,52)(H,46,53). The van der Waals surface area contributed by atoms with Crippen molar-refractivity contribution in [2.75, 3.05) is 88.8 Å². The monoisotopic (exact) mass is 734 g/mol. The SMILES string of the molecule is CC1(CN2CCN(CC#Cc3cccc(NC(=O)CCNC=O)c3)CC2)CCC(c2ccc(Cl)cc2)=C(CN2CCN(c3ccc(C=O)cc3)CC2)C1. The number of carbonyl (C=O) groups excluding carboxylic acids is 3. The van der Waals surface area contributed by atoms with E-state index >= 15 is 0 Å². The summed E-state index contributed by atoms with van der Waals surface area (Å²) in [6, 6.07) is 23.9. The van der Waals surface area contributed by atoms with Gasteiger partial charge in [0, 0.05) is 106 Å². The number of benzene rings is 3. The molecule has 53 heavy (non-hydrogen) atoms. The highest BCUT2D eigenvalue weighted by Crippen LogP contribution is 2.44. The molecule has 1 aliphatic carbocycles. The number of nitrogens with one attached hydrogen (secondary N) is 2. The van der Waals surface area contributed by atoms with E-state index in [-0.39, 0.29) is 17.7 Å². The predicted octanol–water partition coefficient (Wildman–Crippen LogP) is 5.66. The molecule has 0 aromatic heterocycles. The summed E-state index contributed by atoms with van der Waals surface area (Å²) in [5.41, 5.74) is 8.04. The molecule has 0 saturated carbocycles. The predicted molar refractivity (Wildman–Crippen MR) is 214 cm³/mol. The van der Waals surface area contributed by atoms with E-state index < -0.39 is 0 Å². The van der Waals surface area contributed by atoms with Crippen molar-refractivity contribution in [3.05, 3.63) is 100 Å². The van der Waals surface area contributed by atoms with Crippen molar-refractivity contribution in [2.24, 2.45) is 5.41 Å². The Labute approximate surface area is 319 Å². The molecule has 3 aromatic rings. The van der Waals surface area contributed by atoms with Crippen molar-refractivity contribution < 1.29 is 14.4 Å². The van der Waals surface area contributed by atoms with Crippen molar-refractivity contribution in [3.8, 4) is 11.8 Å². The second-order valence-electron chi connectivity index (χ2n) is 14.9. The number of rotatable bonds is 13. The van der Waals surface area contributed by atoms with Crippen LogP contribution in [-0.4, -0.2) is 112 Å². The third-order valence-corrected chi connectivity index (χ3v) is 11.0. The van der Waals surface area contributed by atoms with Crippen LogP contribution in [0.15, 0.2) is 78.4 Å². The highest BCUT2D eigenvalue weighted by Gasteiger charge is 2.35. The summed E-state index contributed by atoms with van der Waals surface area (Å²) in [5, 5.41) is 6.15. The second kappa shape index (κ2) is 18.5. The number of piperazine rings is 2. The molecule has 2 aliphatic heterocycles. The second-order valence-corrected chi connectivity index (χ2v) is 15.3. The molecule has 2 heterocycles. The van der Waals surface area contributed by atoms with Gasteiger partial charge in [0.1, 0.15) is 6.29 Å². The maximum Gasteiger partial charge on any atom is 0.226 e. The van der Waals surface area contributed by atoms with Gasteiger partial charge in [0.05, 0.1) is 6.54 Å². The van der Waals surface area contributed by atoms with Crippen LogP contribution in [-0.2, 0) is 9.59 Å². The highest BCUT2D eigenvalue weighted by molar-refractivity contribution is 6.30. The molecule has 1 atom stereocenters. The van der Waals surface area contributed by atoms with Crippen LogP contribution < -0.4 is 15.5 Å². The first-order valence-corrected chi connectivity index (χ1v) is 19.2. The van der Waals surface area contributed by atoms with E-state index in [1.807, 2.05) is 48.5 Å². The first kappa shape index (κ1) is 38.3. The average Bonchev–Trinajstić information content (AvgIpc) is 3.17. The first-order valence-electron chi connectivity index (χ1n) is 18.8. The van der Waals surface area contributed by atoms with Crippen molar-refractivity contribution in [1.29, 1.82) is 0 Å². The van der Waals surface area contributed by atoms with Crippen molar-refractivity contribution >= 4 is 47.2 Å². The van der Waals surface area contributed by atoms with E-state index in [1.165, 1.54) is 23.2 Å². The van der Waals surface area contributed by atoms with Crippen molar-refractivity contribution in [3.63, 3.8) is 0 Å².